The highest BCUT2D eigenvalue weighted by atomic mass is 16.7. The van der Waals surface area contributed by atoms with Crippen LogP contribution in [0.2, 0.25) is 0 Å². The van der Waals surface area contributed by atoms with Gasteiger partial charge in [-0.1, -0.05) is 54.6 Å². The van der Waals surface area contributed by atoms with E-state index >= 15 is 0 Å². The molecule has 3 rings (SSSR count). The molecule has 2 heteroatoms. The quantitative estimate of drug-likeness (QED) is 0.750. The fourth-order valence-electron chi connectivity index (χ4n) is 2.16. The summed E-state index contributed by atoms with van der Waals surface area (Å²) in [5, 5.41) is 0. The van der Waals surface area contributed by atoms with Gasteiger partial charge in [0.2, 0.25) is 0 Å². The molecule has 2 aliphatic carbocycles. The molecule has 0 radical (unpaired) electrons. The first-order valence-electron chi connectivity index (χ1n) is 6.49. The van der Waals surface area contributed by atoms with E-state index in [0.29, 0.717) is 0 Å². The van der Waals surface area contributed by atoms with Gasteiger partial charge in [-0.2, -0.15) is 0 Å². The molecule has 0 atom stereocenters. The van der Waals surface area contributed by atoms with E-state index in [9.17, 15) is 0 Å². The number of hydrogen-bond donors (Lipinski definition) is 0. The van der Waals surface area contributed by atoms with Crippen LogP contribution in [-0.4, -0.2) is 20.0 Å². The molecule has 0 amide bonds. The maximum absolute atomic E-state index is 5.17. The van der Waals surface area contributed by atoms with Gasteiger partial charge in [-0.3, -0.25) is 0 Å². The minimum Gasteiger partial charge on any atom is -0.349 e. The zero-order valence-electron chi connectivity index (χ0n) is 11.5. The van der Waals surface area contributed by atoms with Crippen molar-refractivity contribution in [2.24, 2.45) is 0 Å². The molecule has 2 aliphatic rings. The summed E-state index contributed by atoms with van der Waals surface area (Å²) in [6, 6.07) is 8.49. The van der Waals surface area contributed by atoms with Crippen LogP contribution >= 0.6 is 0 Å². The highest BCUT2D eigenvalue weighted by Crippen LogP contribution is 2.21. The third-order valence-corrected chi connectivity index (χ3v) is 3.38. The second kappa shape index (κ2) is 6.50. The van der Waals surface area contributed by atoms with Gasteiger partial charge in [0.05, 0.1) is 0 Å². The van der Waals surface area contributed by atoms with Crippen molar-refractivity contribution in [3.8, 4) is 0 Å². The van der Waals surface area contributed by atoms with Crippen LogP contribution in [-0.2, 0) is 15.9 Å². The molecule has 0 spiro atoms. The van der Waals surface area contributed by atoms with Gasteiger partial charge < -0.3 is 9.47 Å². The van der Waals surface area contributed by atoms with Crippen molar-refractivity contribution in [3.63, 3.8) is 0 Å². The molecule has 100 valence electrons. The highest BCUT2D eigenvalue weighted by molar-refractivity contribution is 5.59. The summed E-state index contributed by atoms with van der Waals surface area (Å²) in [5.41, 5.74) is 2.84. The smallest absolute Gasteiger partial charge is 0.190 e. The van der Waals surface area contributed by atoms with Crippen LogP contribution in [0.3, 0.4) is 0 Å². The number of methoxy groups -OCH3 is 2. The number of ether oxygens (including phenoxy) is 2. The monoisotopic (exact) mass is 256 g/mol. The molecule has 2 nitrogen and oxygen atoms in total. The molecule has 0 heterocycles. The first-order chi connectivity index (χ1) is 9.29. The van der Waals surface area contributed by atoms with Crippen molar-refractivity contribution >= 4 is 6.08 Å². The van der Waals surface area contributed by atoms with Gasteiger partial charge in [0, 0.05) is 20.6 Å². The number of hydrogen-bond acceptors (Lipinski definition) is 2. The largest absolute Gasteiger partial charge is 0.349 e. The first-order valence-corrected chi connectivity index (χ1v) is 6.49. The summed E-state index contributed by atoms with van der Waals surface area (Å²) in [6.45, 7) is 0. The van der Waals surface area contributed by atoms with Crippen LogP contribution in [0.1, 0.15) is 17.5 Å². The van der Waals surface area contributed by atoms with E-state index in [1.807, 2.05) is 24.3 Å². The second-order valence-electron chi connectivity index (χ2n) is 4.52. The summed E-state index contributed by atoms with van der Waals surface area (Å²) >= 11 is 0. The van der Waals surface area contributed by atoms with E-state index < -0.39 is 5.79 Å². The average Bonchev–Trinajstić information content (AvgIpc) is 2.97. The number of rotatable bonds is 2. The maximum Gasteiger partial charge on any atom is 0.190 e. The molecule has 0 aromatic heterocycles. The summed E-state index contributed by atoms with van der Waals surface area (Å²) in [6.07, 6.45) is 14.1. The van der Waals surface area contributed by atoms with Crippen molar-refractivity contribution < 1.29 is 9.47 Å². The van der Waals surface area contributed by atoms with E-state index in [2.05, 4.69) is 36.4 Å². The molecule has 1 aromatic carbocycles. The third kappa shape index (κ3) is 3.43. The third-order valence-electron chi connectivity index (χ3n) is 3.38. The molecule has 0 bridgehead atoms. The molecular weight excluding hydrogens is 236 g/mol. The molecule has 0 saturated carbocycles. The van der Waals surface area contributed by atoms with Gasteiger partial charge in [0.25, 0.3) is 0 Å². The summed E-state index contributed by atoms with van der Waals surface area (Å²) < 4.78 is 10.3. The van der Waals surface area contributed by atoms with E-state index in [-0.39, 0.29) is 0 Å². The molecule has 1 aromatic rings. The molecule has 19 heavy (non-hydrogen) atoms. The predicted molar refractivity (Wildman–Crippen MR) is 78.8 cm³/mol. The van der Waals surface area contributed by atoms with E-state index in [0.717, 1.165) is 12.8 Å². The maximum atomic E-state index is 5.17. The van der Waals surface area contributed by atoms with Crippen molar-refractivity contribution in [1.82, 2.24) is 0 Å². The van der Waals surface area contributed by atoms with Crippen LogP contribution in [0.5, 0.6) is 0 Å². The Kier molecular flexibility index (Phi) is 4.72. The molecule has 0 unspecified atom stereocenters. The predicted octanol–water partition coefficient (Wildman–Crippen LogP) is 3.75. The molecule has 0 aliphatic heterocycles. The number of allylic oxidation sites excluding steroid dienone is 3. The van der Waals surface area contributed by atoms with Gasteiger partial charge >= 0.3 is 0 Å². The molecule has 0 N–H and O–H groups in total. The summed E-state index contributed by atoms with van der Waals surface area (Å²) in [7, 11) is 3.29. The van der Waals surface area contributed by atoms with Crippen molar-refractivity contribution in [2.45, 2.75) is 18.6 Å². The lowest BCUT2D eigenvalue weighted by molar-refractivity contribution is -0.167. The van der Waals surface area contributed by atoms with Gasteiger partial charge in [0.15, 0.2) is 5.79 Å². The van der Waals surface area contributed by atoms with Crippen LogP contribution in [0.25, 0.3) is 6.08 Å². The normalized spacial score (nSPS) is 17.8. The van der Waals surface area contributed by atoms with E-state index in [4.69, 9.17) is 9.47 Å². The Bertz CT molecular complexity index is 494. The van der Waals surface area contributed by atoms with Gasteiger partial charge in [-0.15, -0.1) is 0 Å². The average molecular weight is 256 g/mol. The Morgan fingerprint density at radius 1 is 1.00 bits per heavy atom. The van der Waals surface area contributed by atoms with E-state index in [1.165, 1.54) is 11.1 Å². The van der Waals surface area contributed by atoms with Gasteiger partial charge in [-0.05, 0) is 23.6 Å². The van der Waals surface area contributed by atoms with E-state index in [1.54, 1.807) is 14.2 Å². The van der Waals surface area contributed by atoms with Crippen molar-refractivity contribution in [1.29, 1.82) is 0 Å². The lowest BCUT2D eigenvalue weighted by atomic mass is 10.1. The second-order valence-corrected chi connectivity index (χ2v) is 4.52. The molecule has 0 fully saturated rings. The Morgan fingerprint density at radius 3 is 2.37 bits per heavy atom. The number of benzene rings is 1. The van der Waals surface area contributed by atoms with Gasteiger partial charge in [0.1, 0.15) is 0 Å². The zero-order valence-corrected chi connectivity index (χ0v) is 11.5. The van der Waals surface area contributed by atoms with Gasteiger partial charge in [-0.25, -0.2) is 0 Å². The van der Waals surface area contributed by atoms with Crippen molar-refractivity contribution in [3.05, 3.63) is 65.8 Å². The van der Waals surface area contributed by atoms with Crippen LogP contribution in [0.4, 0.5) is 0 Å². The SMILES string of the molecule is C1=Cc2ccccc2C1.COC1(OC)C=CC=CC1. The van der Waals surface area contributed by atoms with Crippen LogP contribution in [0, 0.1) is 0 Å². The Hall–Kier alpha value is -1.64. The lowest BCUT2D eigenvalue weighted by Crippen LogP contribution is -2.31. The highest BCUT2D eigenvalue weighted by Gasteiger charge is 2.25. The number of fused-ring (bicyclic) bond motifs is 1. The Morgan fingerprint density at radius 2 is 1.79 bits per heavy atom. The molecular formula is C17H20O2. The summed E-state index contributed by atoms with van der Waals surface area (Å²) in [5.74, 6) is -0.505. The topological polar surface area (TPSA) is 18.5 Å². The van der Waals surface area contributed by atoms with Crippen molar-refractivity contribution in [2.75, 3.05) is 14.2 Å². The minimum atomic E-state index is -0.505. The van der Waals surface area contributed by atoms with Crippen LogP contribution < -0.4 is 0 Å². The first kappa shape index (κ1) is 13.8. The Labute approximate surface area is 115 Å². The lowest BCUT2D eigenvalue weighted by Gasteiger charge is -2.27. The zero-order chi connectivity index (χ0) is 13.6. The standard InChI is InChI=1S/C9H8.C8H12O2/c1-2-5-9-7-3-6-8(9)4-1;1-9-8(10-2)6-4-3-5-7-8/h1-6H,7H2;3-6H,7H2,1-2H3. The fraction of sp³-hybridized carbons (Fsp3) is 0.294. The Balaban J connectivity index is 0.000000141. The minimum absolute atomic E-state index is 0.505. The fourth-order valence-corrected chi connectivity index (χ4v) is 2.16. The summed E-state index contributed by atoms with van der Waals surface area (Å²) in [4.78, 5) is 0. The molecule has 0 saturated heterocycles. The van der Waals surface area contributed by atoms with Crippen LogP contribution in [0.15, 0.2) is 54.6 Å².